The first-order chi connectivity index (χ1) is 13.8. The molecule has 0 nitrogen and oxygen atoms in total. The van der Waals surface area contributed by atoms with Crippen molar-refractivity contribution in [3.05, 3.63) is 128 Å². The average Bonchev–Trinajstić information content (AvgIpc) is 2.71. The second-order valence-electron chi connectivity index (χ2n) is 7.39. The fourth-order valence-electron chi connectivity index (χ4n) is 4.26. The fourth-order valence-corrected chi connectivity index (χ4v) is 4.87. The molecule has 146 valence electrons. The van der Waals surface area contributed by atoms with E-state index in [1.807, 2.05) is 42.5 Å². The van der Waals surface area contributed by atoms with Gasteiger partial charge in [0.05, 0.1) is 5.41 Å². The number of allylic oxidation sites excluding steroid dienone is 4. The summed E-state index contributed by atoms with van der Waals surface area (Å²) in [7, 11) is 0. The second kappa shape index (κ2) is 7.85. The van der Waals surface area contributed by atoms with Gasteiger partial charge in [-0.3, -0.25) is 0 Å². The summed E-state index contributed by atoms with van der Waals surface area (Å²) in [5.41, 5.74) is 2.30. The first-order valence-electron chi connectivity index (χ1n) is 9.21. The van der Waals surface area contributed by atoms with E-state index in [1.54, 1.807) is 0 Å². The molecule has 1 atom stereocenters. The highest BCUT2D eigenvalue weighted by Gasteiger charge is 2.50. The van der Waals surface area contributed by atoms with Gasteiger partial charge >= 0.3 is 0 Å². The number of rotatable bonds is 3. The molecule has 0 aromatic heterocycles. The lowest BCUT2D eigenvalue weighted by Gasteiger charge is -2.49. The normalized spacial score (nSPS) is 20.4. The summed E-state index contributed by atoms with van der Waals surface area (Å²) in [6.07, 6.45) is 6.25. The van der Waals surface area contributed by atoms with Crippen LogP contribution >= 0.6 is 46.4 Å². The van der Waals surface area contributed by atoms with Crippen LogP contribution in [0, 0.1) is 0 Å². The highest BCUT2D eigenvalue weighted by molar-refractivity contribution is 6.32. The lowest BCUT2D eigenvalue weighted by Crippen LogP contribution is -2.47. The Morgan fingerprint density at radius 3 is 1.34 bits per heavy atom. The van der Waals surface area contributed by atoms with Gasteiger partial charge in [0, 0.05) is 25.5 Å². The van der Waals surface area contributed by atoms with Crippen LogP contribution in [0.5, 0.6) is 0 Å². The Balaban J connectivity index is 2.07. The van der Waals surface area contributed by atoms with Crippen LogP contribution in [0.3, 0.4) is 0 Å². The van der Waals surface area contributed by atoms with Gasteiger partial charge in [-0.1, -0.05) is 95.8 Å². The summed E-state index contributed by atoms with van der Waals surface area (Å²) in [5, 5.41) is 2.76. The number of benzene rings is 3. The van der Waals surface area contributed by atoms with Crippen LogP contribution in [0.2, 0.25) is 15.1 Å². The number of hydrogen-bond donors (Lipinski definition) is 0. The van der Waals surface area contributed by atoms with Gasteiger partial charge in [0.2, 0.25) is 0 Å². The minimum absolute atomic E-state index is 0.433. The number of hydrogen-bond acceptors (Lipinski definition) is 0. The Kier molecular flexibility index (Phi) is 5.57. The van der Waals surface area contributed by atoms with Crippen LogP contribution in [-0.4, -0.2) is 0 Å². The van der Waals surface area contributed by atoms with Crippen LogP contribution < -0.4 is 0 Å². The quantitative estimate of drug-likeness (QED) is 0.367. The zero-order valence-electron chi connectivity index (χ0n) is 15.7. The van der Waals surface area contributed by atoms with Gasteiger partial charge in [0.25, 0.3) is 0 Å². The predicted molar refractivity (Wildman–Crippen MR) is 126 cm³/mol. The molecule has 1 aliphatic carbocycles. The van der Waals surface area contributed by atoms with Crippen molar-refractivity contribution in [2.75, 3.05) is 0 Å². The first kappa shape index (κ1) is 20.6. The van der Waals surface area contributed by atoms with Crippen LogP contribution in [0.15, 0.2) is 96.1 Å². The summed E-state index contributed by atoms with van der Waals surface area (Å²) in [5.74, 6) is 0. The molecule has 0 radical (unpaired) electrons. The van der Waals surface area contributed by atoms with Gasteiger partial charge in [-0.05, 0) is 65.2 Å². The molecular weight excluding hydrogens is 442 g/mol. The molecule has 0 N–H and O–H groups in total. The van der Waals surface area contributed by atoms with Gasteiger partial charge in [0.1, 0.15) is 0 Å². The largest absolute Gasteiger partial charge is 0.0847 e. The Labute approximate surface area is 191 Å². The third-order valence-electron chi connectivity index (χ3n) is 5.79. The average molecular weight is 460 g/mol. The molecule has 0 bridgehead atoms. The predicted octanol–water partition coefficient (Wildman–Crippen LogP) is 8.58. The van der Waals surface area contributed by atoms with Crippen LogP contribution in [0.4, 0.5) is 0 Å². The highest BCUT2D eigenvalue weighted by Crippen LogP contribution is 2.54. The molecule has 0 fully saturated rings. The SMILES string of the molecule is CC1(c2ccc(Cl)cc2)C=CC(Cl)=CC1(c1ccc(Cl)cc1)c1ccc(Cl)cc1. The van der Waals surface area contributed by atoms with E-state index in [9.17, 15) is 0 Å². The second-order valence-corrected chi connectivity index (χ2v) is 9.14. The van der Waals surface area contributed by atoms with Crippen molar-refractivity contribution in [3.8, 4) is 0 Å². The Bertz CT molecular complexity index is 1030. The monoisotopic (exact) mass is 458 g/mol. The summed E-state index contributed by atoms with van der Waals surface area (Å²) in [4.78, 5) is 0. The van der Waals surface area contributed by atoms with Gasteiger partial charge in [-0.2, -0.15) is 0 Å². The van der Waals surface area contributed by atoms with Crippen molar-refractivity contribution in [3.63, 3.8) is 0 Å². The van der Waals surface area contributed by atoms with Crippen molar-refractivity contribution in [1.29, 1.82) is 0 Å². The molecule has 0 heterocycles. The minimum atomic E-state index is -0.568. The molecule has 0 saturated carbocycles. The molecule has 3 aromatic rings. The maximum absolute atomic E-state index is 6.60. The van der Waals surface area contributed by atoms with Crippen molar-refractivity contribution in [1.82, 2.24) is 0 Å². The van der Waals surface area contributed by atoms with Crippen molar-refractivity contribution in [2.45, 2.75) is 17.8 Å². The zero-order chi connectivity index (χ0) is 20.6. The van der Waals surface area contributed by atoms with Gasteiger partial charge in [0.15, 0.2) is 0 Å². The molecular formula is C25H18Cl4. The maximum Gasteiger partial charge on any atom is 0.0527 e. The third-order valence-corrected chi connectivity index (χ3v) is 6.78. The first-order valence-corrected chi connectivity index (χ1v) is 10.7. The van der Waals surface area contributed by atoms with Gasteiger partial charge < -0.3 is 0 Å². The Morgan fingerprint density at radius 2 is 0.931 bits per heavy atom. The smallest absolute Gasteiger partial charge is 0.0527 e. The van der Waals surface area contributed by atoms with E-state index in [-0.39, 0.29) is 0 Å². The van der Waals surface area contributed by atoms with Crippen LogP contribution in [0.1, 0.15) is 23.6 Å². The molecule has 0 saturated heterocycles. The van der Waals surface area contributed by atoms with Crippen molar-refractivity contribution in [2.24, 2.45) is 0 Å². The molecule has 0 aliphatic heterocycles. The molecule has 1 aliphatic rings. The lowest BCUT2D eigenvalue weighted by molar-refractivity contribution is 0.411. The van der Waals surface area contributed by atoms with Crippen LogP contribution in [0.25, 0.3) is 0 Å². The molecule has 3 aromatic carbocycles. The molecule has 0 amide bonds. The van der Waals surface area contributed by atoms with E-state index in [4.69, 9.17) is 46.4 Å². The molecule has 4 heteroatoms. The summed E-state index contributed by atoms with van der Waals surface area (Å²) < 4.78 is 0. The van der Waals surface area contributed by atoms with Crippen LogP contribution in [-0.2, 0) is 10.8 Å². The van der Waals surface area contributed by atoms with E-state index in [0.29, 0.717) is 20.1 Å². The van der Waals surface area contributed by atoms with Gasteiger partial charge in [-0.15, -0.1) is 0 Å². The summed E-state index contributed by atoms with van der Waals surface area (Å²) in [6, 6.07) is 23.9. The van der Waals surface area contributed by atoms with Crippen molar-refractivity contribution >= 4 is 46.4 Å². The molecule has 0 spiro atoms. The Hall–Kier alpha value is -1.70. The topological polar surface area (TPSA) is 0 Å². The van der Waals surface area contributed by atoms with E-state index in [2.05, 4.69) is 55.5 Å². The Morgan fingerprint density at radius 1 is 0.552 bits per heavy atom. The van der Waals surface area contributed by atoms with E-state index >= 15 is 0 Å². The van der Waals surface area contributed by atoms with E-state index in [1.165, 1.54) is 0 Å². The lowest BCUT2D eigenvalue weighted by atomic mass is 9.53. The highest BCUT2D eigenvalue weighted by atomic mass is 35.5. The summed E-state index contributed by atoms with van der Waals surface area (Å²) >= 11 is 25.2. The minimum Gasteiger partial charge on any atom is -0.0847 e. The van der Waals surface area contributed by atoms with E-state index in [0.717, 1.165) is 16.7 Å². The fraction of sp³-hybridized carbons (Fsp3) is 0.120. The zero-order valence-corrected chi connectivity index (χ0v) is 18.7. The molecule has 1 unspecified atom stereocenters. The van der Waals surface area contributed by atoms with E-state index < -0.39 is 10.8 Å². The van der Waals surface area contributed by atoms with Crippen molar-refractivity contribution < 1.29 is 0 Å². The number of halogens is 4. The van der Waals surface area contributed by atoms with Gasteiger partial charge in [-0.25, -0.2) is 0 Å². The molecule has 29 heavy (non-hydrogen) atoms. The third kappa shape index (κ3) is 3.53. The summed E-state index contributed by atoms with van der Waals surface area (Å²) in [6.45, 7) is 2.22. The maximum atomic E-state index is 6.60. The molecule has 4 rings (SSSR count). The standard InChI is InChI=1S/C25H18Cl4/c1-24(17-2-8-20(26)9-3-17)15-14-23(29)16-25(24,18-4-10-21(27)11-5-18)19-6-12-22(28)13-7-19/h2-16H,1H3.